The van der Waals surface area contributed by atoms with E-state index < -0.39 is 10.0 Å². The highest BCUT2D eigenvalue weighted by molar-refractivity contribution is 7.92. The van der Waals surface area contributed by atoms with Crippen LogP contribution in [0.3, 0.4) is 0 Å². The van der Waals surface area contributed by atoms with Crippen molar-refractivity contribution < 1.29 is 22.7 Å². The molecule has 2 N–H and O–H groups in total. The Hall–Kier alpha value is -3.52. The molecule has 3 rings (SSSR count). The molecule has 3 aromatic rings. The van der Waals surface area contributed by atoms with E-state index in [2.05, 4.69) is 10.0 Å². The van der Waals surface area contributed by atoms with Crippen molar-refractivity contribution in [1.82, 2.24) is 5.32 Å². The van der Waals surface area contributed by atoms with Gasteiger partial charge in [-0.25, -0.2) is 8.42 Å². The number of nitrogens with one attached hydrogen (secondary N) is 2. The van der Waals surface area contributed by atoms with E-state index in [-0.39, 0.29) is 16.8 Å². The van der Waals surface area contributed by atoms with Crippen LogP contribution in [-0.2, 0) is 10.0 Å². The molecule has 31 heavy (non-hydrogen) atoms. The summed E-state index contributed by atoms with van der Waals surface area (Å²) in [6, 6.07) is 19.5. The molecule has 0 aromatic heterocycles. The first-order valence-electron chi connectivity index (χ1n) is 9.54. The summed E-state index contributed by atoms with van der Waals surface area (Å²) < 4.78 is 38.0. The van der Waals surface area contributed by atoms with Gasteiger partial charge in [0.05, 0.1) is 25.2 Å². The van der Waals surface area contributed by atoms with Gasteiger partial charge in [0.1, 0.15) is 11.5 Å². The minimum Gasteiger partial charge on any atom is -0.497 e. The fourth-order valence-corrected chi connectivity index (χ4v) is 4.00. The van der Waals surface area contributed by atoms with Crippen LogP contribution in [0.2, 0.25) is 0 Å². The molecule has 0 heterocycles. The van der Waals surface area contributed by atoms with Gasteiger partial charge in [-0.3, -0.25) is 9.52 Å². The lowest BCUT2D eigenvalue weighted by molar-refractivity contribution is 0.0940. The van der Waals surface area contributed by atoms with Crippen molar-refractivity contribution in [2.45, 2.75) is 17.9 Å². The average molecular weight is 441 g/mol. The molecule has 0 aliphatic heterocycles. The standard InChI is InChI=1S/C23H24N2O5S/c1-16(17-7-9-20(29-2)10-8-17)24-23(26)18-5-4-6-19(15-18)25-31(27,28)22-13-11-21(30-3)12-14-22/h4-16,25H,1-3H3,(H,24,26)/t16-/m0/s1. The van der Waals surface area contributed by atoms with Crippen LogP contribution in [-0.4, -0.2) is 28.5 Å². The number of benzene rings is 3. The Labute approximate surface area is 182 Å². The zero-order valence-electron chi connectivity index (χ0n) is 17.5. The first kappa shape index (κ1) is 22.2. The summed E-state index contributed by atoms with van der Waals surface area (Å²) in [5.41, 5.74) is 1.56. The van der Waals surface area contributed by atoms with Gasteiger partial charge in [-0.1, -0.05) is 18.2 Å². The van der Waals surface area contributed by atoms with E-state index in [0.717, 1.165) is 11.3 Å². The Morgan fingerprint density at radius 3 is 2.03 bits per heavy atom. The molecule has 8 heteroatoms. The van der Waals surface area contributed by atoms with Gasteiger partial charge >= 0.3 is 0 Å². The molecule has 0 saturated carbocycles. The van der Waals surface area contributed by atoms with Gasteiger partial charge in [0.15, 0.2) is 0 Å². The zero-order valence-corrected chi connectivity index (χ0v) is 18.3. The van der Waals surface area contributed by atoms with E-state index in [9.17, 15) is 13.2 Å². The SMILES string of the molecule is COc1ccc([C@H](C)NC(=O)c2cccc(NS(=O)(=O)c3ccc(OC)cc3)c2)cc1. The van der Waals surface area contributed by atoms with Crippen LogP contribution in [0.25, 0.3) is 0 Å². The number of methoxy groups -OCH3 is 2. The van der Waals surface area contributed by atoms with Gasteiger partial charge in [-0.2, -0.15) is 0 Å². The van der Waals surface area contributed by atoms with Crippen LogP contribution >= 0.6 is 0 Å². The lowest BCUT2D eigenvalue weighted by Crippen LogP contribution is -2.26. The van der Waals surface area contributed by atoms with E-state index in [4.69, 9.17) is 9.47 Å². The molecule has 1 amide bonds. The van der Waals surface area contributed by atoms with Crippen molar-refractivity contribution in [3.05, 3.63) is 83.9 Å². The Morgan fingerprint density at radius 2 is 1.45 bits per heavy atom. The third-order valence-corrected chi connectivity index (χ3v) is 6.11. The Balaban J connectivity index is 1.71. The van der Waals surface area contributed by atoms with E-state index in [0.29, 0.717) is 17.0 Å². The normalized spacial score (nSPS) is 12.0. The molecule has 0 fully saturated rings. The molecule has 0 aliphatic rings. The largest absolute Gasteiger partial charge is 0.497 e. The molecule has 3 aromatic carbocycles. The molecular formula is C23H24N2O5S. The van der Waals surface area contributed by atoms with Crippen molar-refractivity contribution in [3.63, 3.8) is 0 Å². The quantitative estimate of drug-likeness (QED) is 0.552. The van der Waals surface area contributed by atoms with Crippen molar-refractivity contribution in [1.29, 1.82) is 0 Å². The van der Waals surface area contributed by atoms with Gasteiger partial charge in [0.2, 0.25) is 0 Å². The summed E-state index contributed by atoms with van der Waals surface area (Å²) in [5.74, 6) is 0.983. The fraction of sp³-hybridized carbons (Fsp3) is 0.174. The molecule has 7 nitrogen and oxygen atoms in total. The maximum Gasteiger partial charge on any atom is 0.261 e. The molecule has 0 radical (unpaired) electrons. The highest BCUT2D eigenvalue weighted by atomic mass is 32.2. The van der Waals surface area contributed by atoms with Crippen molar-refractivity contribution >= 4 is 21.6 Å². The Kier molecular flexibility index (Phi) is 6.81. The Morgan fingerprint density at radius 1 is 0.871 bits per heavy atom. The summed E-state index contributed by atoms with van der Waals surface area (Å²) in [6.45, 7) is 1.87. The first-order valence-corrected chi connectivity index (χ1v) is 11.0. The summed E-state index contributed by atoms with van der Waals surface area (Å²) >= 11 is 0. The number of ether oxygens (including phenoxy) is 2. The van der Waals surface area contributed by atoms with E-state index in [1.165, 1.54) is 25.3 Å². The topological polar surface area (TPSA) is 93.7 Å². The van der Waals surface area contributed by atoms with E-state index in [1.54, 1.807) is 37.4 Å². The van der Waals surface area contributed by atoms with Gasteiger partial charge in [0, 0.05) is 11.3 Å². The van der Waals surface area contributed by atoms with E-state index in [1.807, 2.05) is 31.2 Å². The minimum atomic E-state index is -3.80. The molecule has 162 valence electrons. The summed E-state index contributed by atoms with van der Waals surface area (Å²) in [4.78, 5) is 12.8. The number of rotatable bonds is 8. The minimum absolute atomic E-state index is 0.0938. The van der Waals surface area contributed by atoms with Gasteiger partial charge in [-0.15, -0.1) is 0 Å². The molecule has 0 bridgehead atoms. The molecule has 0 spiro atoms. The van der Waals surface area contributed by atoms with Crippen molar-refractivity contribution in [2.75, 3.05) is 18.9 Å². The number of carbonyl (C=O) groups is 1. The second kappa shape index (κ2) is 9.53. The maximum atomic E-state index is 12.7. The van der Waals surface area contributed by atoms with Crippen LogP contribution in [0, 0.1) is 0 Å². The van der Waals surface area contributed by atoms with E-state index >= 15 is 0 Å². The predicted molar refractivity (Wildman–Crippen MR) is 119 cm³/mol. The number of sulfonamides is 1. The molecular weight excluding hydrogens is 416 g/mol. The summed E-state index contributed by atoms with van der Waals surface area (Å²) in [7, 11) is -0.701. The molecule has 0 aliphatic carbocycles. The first-order chi connectivity index (χ1) is 14.8. The molecule has 0 saturated heterocycles. The number of anilines is 1. The van der Waals surface area contributed by atoms with Crippen LogP contribution in [0.4, 0.5) is 5.69 Å². The van der Waals surface area contributed by atoms with Gasteiger partial charge < -0.3 is 14.8 Å². The molecule has 1 atom stereocenters. The van der Waals surface area contributed by atoms with Crippen LogP contribution in [0.15, 0.2) is 77.7 Å². The predicted octanol–water partition coefficient (Wildman–Crippen LogP) is 4.00. The monoisotopic (exact) mass is 440 g/mol. The number of hydrogen-bond acceptors (Lipinski definition) is 5. The third-order valence-electron chi connectivity index (χ3n) is 4.71. The maximum absolute atomic E-state index is 12.7. The summed E-state index contributed by atoms with van der Waals surface area (Å²) in [6.07, 6.45) is 0. The lowest BCUT2D eigenvalue weighted by Gasteiger charge is -2.15. The van der Waals surface area contributed by atoms with Gasteiger partial charge in [0.25, 0.3) is 15.9 Å². The number of hydrogen-bond donors (Lipinski definition) is 2. The van der Waals surface area contributed by atoms with Crippen LogP contribution in [0.1, 0.15) is 28.9 Å². The second-order valence-electron chi connectivity index (χ2n) is 6.83. The smallest absolute Gasteiger partial charge is 0.261 e. The van der Waals surface area contributed by atoms with Gasteiger partial charge in [-0.05, 0) is 67.1 Å². The Bertz CT molecular complexity index is 1140. The van der Waals surface area contributed by atoms with Crippen molar-refractivity contribution in [3.8, 4) is 11.5 Å². The average Bonchev–Trinajstić information content (AvgIpc) is 2.79. The third kappa shape index (κ3) is 5.55. The lowest BCUT2D eigenvalue weighted by atomic mass is 10.1. The van der Waals surface area contributed by atoms with Crippen molar-refractivity contribution in [2.24, 2.45) is 0 Å². The number of amides is 1. The van der Waals surface area contributed by atoms with Crippen LogP contribution < -0.4 is 19.5 Å². The highest BCUT2D eigenvalue weighted by Crippen LogP contribution is 2.21. The highest BCUT2D eigenvalue weighted by Gasteiger charge is 2.16. The fourth-order valence-electron chi connectivity index (χ4n) is 2.95. The zero-order chi connectivity index (χ0) is 22.4. The second-order valence-corrected chi connectivity index (χ2v) is 8.51. The number of carbonyl (C=O) groups excluding carboxylic acids is 1. The molecule has 0 unspecified atom stereocenters. The summed E-state index contributed by atoms with van der Waals surface area (Å²) in [5, 5.41) is 2.91. The van der Waals surface area contributed by atoms with Crippen LogP contribution in [0.5, 0.6) is 11.5 Å².